The van der Waals surface area contributed by atoms with Crippen LogP contribution in [0.5, 0.6) is 0 Å². The molecule has 0 bridgehead atoms. The van der Waals surface area contributed by atoms with Gasteiger partial charge in [-0.2, -0.15) is 0 Å². The standard InChI is InChI=1S/C25H27NO.BrH/c1-20(26(2)3)19-25(22-15-9-5-10-16-22,23-17-11-6-12-18-23)24(27)21-13-7-4-8-14-21;/h4-18,20H,19H2,1-3H3;1H. The highest BCUT2D eigenvalue weighted by molar-refractivity contribution is 8.93. The van der Waals surface area contributed by atoms with Crippen molar-refractivity contribution in [3.05, 3.63) is 108 Å². The molecule has 0 heterocycles. The number of carbonyl (C=O) groups excluding carboxylic acids is 1. The lowest BCUT2D eigenvalue weighted by atomic mass is 9.66. The van der Waals surface area contributed by atoms with Crippen LogP contribution in [-0.4, -0.2) is 30.8 Å². The lowest BCUT2D eigenvalue weighted by Crippen LogP contribution is -2.43. The highest BCUT2D eigenvalue weighted by Gasteiger charge is 2.43. The molecule has 0 fully saturated rings. The molecule has 0 radical (unpaired) electrons. The van der Waals surface area contributed by atoms with Crippen molar-refractivity contribution in [2.75, 3.05) is 14.1 Å². The van der Waals surface area contributed by atoms with Gasteiger partial charge in [0.15, 0.2) is 5.78 Å². The van der Waals surface area contributed by atoms with Gasteiger partial charge in [-0.1, -0.05) is 91.0 Å². The molecule has 3 rings (SSSR count). The van der Waals surface area contributed by atoms with Crippen LogP contribution in [0.1, 0.15) is 34.8 Å². The summed E-state index contributed by atoms with van der Waals surface area (Å²) in [6.45, 7) is 2.18. The summed E-state index contributed by atoms with van der Waals surface area (Å²) in [6.07, 6.45) is 0.710. The van der Waals surface area contributed by atoms with E-state index in [0.29, 0.717) is 6.42 Å². The summed E-state index contributed by atoms with van der Waals surface area (Å²) in [4.78, 5) is 16.2. The van der Waals surface area contributed by atoms with Crippen LogP contribution < -0.4 is 0 Å². The van der Waals surface area contributed by atoms with Crippen LogP contribution in [0.3, 0.4) is 0 Å². The summed E-state index contributed by atoms with van der Waals surface area (Å²) in [5.74, 6) is 0.147. The Morgan fingerprint density at radius 2 is 1.18 bits per heavy atom. The normalized spacial score (nSPS) is 12.3. The zero-order valence-corrected chi connectivity index (χ0v) is 18.4. The SMILES string of the molecule is Br.CC(CC(C(=O)c1ccccc1)(c1ccccc1)c1ccccc1)N(C)C. The van der Waals surface area contributed by atoms with Gasteiger partial charge < -0.3 is 4.90 Å². The maximum atomic E-state index is 14.0. The second kappa shape index (κ2) is 9.81. The van der Waals surface area contributed by atoms with E-state index in [4.69, 9.17) is 0 Å². The number of nitrogens with zero attached hydrogens (tertiary/aromatic N) is 1. The number of rotatable bonds is 7. The summed E-state index contributed by atoms with van der Waals surface area (Å²) >= 11 is 0. The first-order valence-corrected chi connectivity index (χ1v) is 9.43. The third-order valence-corrected chi connectivity index (χ3v) is 5.44. The fourth-order valence-electron chi connectivity index (χ4n) is 3.66. The minimum absolute atomic E-state index is 0. The van der Waals surface area contributed by atoms with Crippen molar-refractivity contribution in [1.82, 2.24) is 4.90 Å². The Labute approximate surface area is 179 Å². The molecule has 0 spiro atoms. The largest absolute Gasteiger partial charge is 0.307 e. The Bertz CT molecular complexity index is 823. The molecule has 0 saturated carbocycles. The van der Waals surface area contributed by atoms with Gasteiger partial charge in [0.05, 0.1) is 5.41 Å². The first-order valence-electron chi connectivity index (χ1n) is 9.43. The van der Waals surface area contributed by atoms with Crippen molar-refractivity contribution in [3.8, 4) is 0 Å². The first kappa shape index (κ1) is 22.1. The van der Waals surface area contributed by atoms with Gasteiger partial charge in [-0.05, 0) is 38.6 Å². The molecular formula is C25H28BrNO. The monoisotopic (exact) mass is 437 g/mol. The molecule has 0 N–H and O–H groups in total. The van der Waals surface area contributed by atoms with Crippen LogP contribution in [-0.2, 0) is 5.41 Å². The van der Waals surface area contributed by atoms with Crippen molar-refractivity contribution < 1.29 is 4.79 Å². The van der Waals surface area contributed by atoms with Gasteiger partial charge >= 0.3 is 0 Å². The minimum Gasteiger partial charge on any atom is -0.307 e. The quantitative estimate of drug-likeness (QED) is 0.437. The number of ketones is 1. The third-order valence-electron chi connectivity index (χ3n) is 5.44. The van der Waals surface area contributed by atoms with Gasteiger partial charge in [0, 0.05) is 11.6 Å². The Hall–Kier alpha value is -2.23. The second-order valence-electron chi connectivity index (χ2n) is 7.35. The molecule has 146 valence electrons. The van der Waals surface area contributed by atoms with Crippen molar-refractivity contribution >= 4 is 22.8 Å². The van der Waals surface area contributed by atoms with Gasteiger partial charge in [0.25, 0.3) is 0 Å². The second-order valence-corrected chi connectivity index (χ2v) is 7.35. The Morgan fingerprint density at radius 1 is 0.786 bits per heavy atom. The molecule has 0 aliphatic heterocycles. The van der Waals surface area contributed by atoms with Crippen LogP contribution in [0.25, 0.3) is 0 Å². The van der Waals surface area contributed by atoms with Crippen molar-refractivity contribution in [3.63, 3.8) is 0 Å². The fraction of sp³-hybridized carbons (Fsp3) is 0.240. The zero-order chi connectivity index (χ0) is 19.3. The molecule has 0 aliphatic carbocycles. The van der Waals surface area contributed by atoms with E-state index in [1.54, 1.807) is 0 Å². The number of hydrogen-bond donors (Lipinski definition) is 0. The Morgan fingerprint density at radius 3 is 1.57 bits per heavy atom. The predicted molar refractivity (Wildman–Crippen MR) is 123 cm³/mol. The van der Waals surface area contributed by atoms with Crippen molar-refractivity contribution in [2.45, 2.75) is 24.8 Å². The van der Waals surface area contributed by atoms with Gasteiger partial charge in [0.2, 0.25) is 0 Å². The molecular weight excluding hydrogens is 410 g/mol. The molecule has 3 aromatic rings. The van der Waals surface area contributed by atoms with Crippen LogP contribution >= 0.6 is 17.0 Å². The number of carbonyl (C=O) groups is 1. The fourth-order valence-corrected chi connectivity index (χ4v) is 3.66. The molecule has 2 nitrogen and oxygen atoms in total. The lowest BCUT2D eigenvalue weighted by Gasteiger charge is -2.37. The van der Waals surface area contributed by atoms with Crippen molar-refractivity contribution in [1.29, 1.82) is 0 Å². The molecule has 0 aliphatic rings. The average Bonchev–Trinajstić information content (AvgIpc) is 2.73. The maximum Gasteiger partial charge on any atom is 0.177 e. The predicted octanol–water partition coefficient (Wildman–Crippen LogP) is 5.77. The number of halogens is 1. The van der Waals surface area contributed by atoms with E-state index in [1.165, 1.54) is 0 Å². The summed E-state index contributed by atoms with van der Waals surface area (Å²) < 4.78 is 0. The summed E-state index contributed by atoms with van der Waals surface area (Å²) in [5, 5.41) is 0. The lowest BCUT2D eigenvalue weighted by molar-refractivity contribution is 0.0882. The van der Waals surface area contributed by atoms with E-state index in [-0.39, 0.29) is 28.8 Å². The Balaban J connectivity index is 0.00000280. The van der Waals surface area contributed by atoms with Gasteiger partial charge in [-0.15, -0.1) is 17.0 Å². The highest BCUT2D eigenvalue weighted by Crippen LogP contribution is 2.40. The van der Waals surface area contributed by atoms with E-state index >= 15 is 0 Å². The number of Topliss-reactive ketones (excluding diaryl/α,β-unsaturated/α-hetero) is 1. The Kier molecular flexibility index (Phi) is 7.73. The summed E-state index contributed by atoms with van der Waals surface area (Å²) in [7, 11) is 4.14. The van der Waals surface area contributed by atoms with Gasteiger partial charge in [0.1, 0.15) is 0 Å². The molecule has 0 amide bonds. The number of benzene rings is 3. The molecule has 1 unspecified atom stereocenters. The van der Waals surface area contributed by atoms with E-state index in [1.807, 2.05) is 66.7 Å². The summed E-state index contributed by atoms with van der Waals surface area (Å²) in [5.41, 5.74) is 2.10. The summed E-state index contributed by atoms with van der Waals surface area (Å²) in [6, 6.07) is 30.3. The molecule has 0 aromatic heterocycles. The van der Waals surface area contributed by atoms with E-state index in [0.717, 1.165) is 16.7 Å². The minimum atomic E-state index is -0.729. The third kappa shape index (κ3) is 4.43. The van der Waals surface area contributed by atoms with E-state index < -0.39 is 5.41 Å². The van der Waals surface area contributed by atoms with Crippen LogP contribution in [0.2, 0.25) is 0 Å². The number of hydrogen-bond acceptors (Lipinski definition) is 2. The molecule has 28 heavy (non-hydrogen) atoms. The van der Waals surface area contributed by atoms with E-state index in [9.17, 15) is 4.79 Å². The van der Waals surface area contributed by atoms with E-state index in [2.05, 4.69) is 50.2 Å². The maximum absolute atomic E-state index is 14.0. The molecule has 1 atom stereocenters. The first-order chi connectivity index (χ1) is 13.1. The van der Waals surface area contributed by atoms with Crippen LogP contribution in [0, 0.1) is 0 Å². The average molecular weight is 438 g/mol. The zero-order valence-electron chi connectivity index (χ0n) is 16.7. The molecule has 3 aromatic carbocycles. The topological polar surface area (TPSA) is 20.3 Å². The van der Waals surface area contributed by atoms with Gasteiger partial charge in [-0.25, -0.2) is 0 Å². The molecule has 0 saturated heterocycles. The molecule has 3 heteroatoms. The van der Waals surface area contributed by atoms with Gasteiger partial charge in [-0.3, -0.25) is 4.79 Å². The highest BCUT2D eigenvalue weighted by atomic mass is 79.9. The van der Waals surface area contributed by atoms with Crippen molar-refractivity contribution in [2.24, 2.45) is 0 Å². The van der Waals surface area contributed by atoms with Crippen LogP contribution in [0.15, 0.2) is 91.0 Å². The smallest absolute Gasteiger partial charge is 0.177 e. The van der Waals surface area contributed by atoms with Crippen LogP contribution in [0.4, 0.5) is 0 Å².